The lowest BCUT2D eigenvalue weighted by Gasteiger charge is -2.36. The van der Waals surface area contributed by atoms with Crippen molar-refractivity contribution < 1.29 is 8.97 Å². The molecule has 0 rings (SSSR count). The number of nitrogens with zero attached hydrogens (tertiary/aromatic N) is 2. The summed E-state index contributed by atoms with van der Waals surface area (Å²) >= 11 is 0. The van der Waals surface area contributed by atoms with Gasteiger partial charge in [0.2, 0.25) is 0 Å². The molecule has 206 valence electrons. The first-order valence-electron chi connectivity index (χ1n) is 16.0. The van der Waals surface area contributed by atoms with Gasteiger partial charge in [-0.25, -0.2) is 0 Å². The summed E-state index contributed by atoms with van der Waals surface area (Å²) in [5.41, 5.74) is 0. The molecule has 34 heavy (non-hydrogen) atoms. The zero-order valence-electron chi connectivity index (χ0n) is 25.3. The van der Waals surface area contributed by atoms with Crippen LogP contribution in [-0.4, -0.2) is 63.3 Å². The van der Waals surface area contributed by atoms with Crippen LogP contribution < -0.4 is 0 Å². The molecule has 0 spiro atoms. The molecule has 0 saturated heterocycles. The lowest BCUT2D eigenvalue weighted by molar-refractivity contribution is -0.946. The third kappa shape index (κ3) is 25.0. The second-order valence-corrected chi connectivity index (χ2v) is 12.8. The van der Waals surface area contributed by atoms with Crippen molar-refractivity contribution in [1.82, 2.24) is 0 Å². The zero-order valence-corrected chi connectivity index (χ0v) is 25.3. The standard InChI is InChI=1S/C32H70N2/c1-7-9-11-13-15-17-19-20-22-24-26-28-30-34(5,6)32-31-33(3,4)29-27-25-23-21-18-16-14-12-10-8-2/h7-32H2,1-6H3/q+2. The van der Waals surface area contributed by atoms with Crippen molar-refractivity contribution in [2.45, 2.75) is 155 Å². The number of likely N-dealkylation sites (N-methyl/N-ethyl adjacent to an activating group) is 2. The van der Waals surface area contributed by atoms with E-state index in [1.54, 1.807) is 0 Å². The van der Waals surface area contributed by atoms with E-state index in [9.17, 15) is 0 Å². The summed E-state index contributed by atoms with van der Waals surface area (Å²) in [7, 11) is 9.83. The molecule has 0 N–H and O–H groups in total. The normalized spacial score (nSPS) is 12.5. The van der Waals surface area contributed by atoms with Crippen LogP contribution >= 0.6 is 0 Å². The summed E-state index contributed by atoms with van der Waals surface area (Å²) in [6, 6.07) is 0. The Morgan fingerprint density at radius 3 is 0.706 bits per heavy atom. The zero-order chi connectivity index (χ0) is 25.4. The Morgan fingerprint density at radius 1 is 0.265 bits per heavy atom. The highest BCUT2D eigenvalue weighted by Crippen LogP contribution is 2.14. The van der Waals surface area contributed by atoms with E-state index in [-0.39, 0.29) is 0 Å². The van der Waals surface area contributed by atoms with Crippen molar-refractivity contribution in [1.29, 1.82) is 0 Å². The van der Waals surface area contributed by atoms with Gasteiger partial charge in [0.1, 0.15) is 13.1 Å². The van der Waals surface area contributed by atoms with Crippen LogP contribution in [-0.2, 0) is 0 Å². The first kappa shape index (κ1) is 33.9. The number of rotatable bonds is 27. The fourth-order valence-corrected chi connectivity index (χ4v) is 5.17. The molecule has 0 saturated carbocycles. The lowest BCUT2D eigenvalue weighted by Crippen LogP contribution is -2.51. The molecule has 0 aliphatic heterocycles. The van der Waals surface area contributed by atoms with Gasteiger partial charge in [-0.1, -0.05) is 129 Å². The summed E-state index contributed by atoms with van der Waals surface area (Å²) in [5, 5.41) is 0. The maximum Gasteiger partial charge on any atom is 0.128 e. The van der Waals surface area contributed by atoms with Gasteiger partial charge in [0.25, 0.3) is 0 Å². The molecule has 0 bridgehead atoms. The Bertz CT molecular complexity index is 402. The van der Waals surface area contributed by atoms with Crippen molar-refractivity contribution in [3.8, 4) is 0 Å². The third-order valence-corrected chi connectivity index (χ3v) is 8.04. The SMILES string of the molecule is CCCCCCCCCCCCCC[N+](C)(C)CC[N+](C)(C)CCCCCCCCCCCC. The Balaban J connectivity index is 3.60. The molecule has 0 aromatic carbocycles. The molecular formula is C32H70N2+2. The molecular weight excluding hydrogens is 412 g/mol. The van der Waals surface area contributed by atoms with E-state index >= 15 is 0 Å². The molecule has 0 aliphatic carbocycles. The smallest absolute Gasteiger partial charge is 0.128 e. The topological polar surface area (TPSA) is 0 Å². The van der Waals surface area contributed by atoms with Crippen molar-refractivity contribution in [2.24, 2.45) is 0 Å². The van der Waals surface area contributed by atoms with E-state index in [2.05, 4.69) is 42.0 Å². The molecule has 0 atom stereocenters. The van der Waals surface area contributed by atoms with Gasteiger partial charge in [-0.05, 0) is 25.7 Å². The summed E-state index contributed by atoms with van der Waals surface area (Å²) < 4.78 is 2.41. The molecule has 0 radical (unpaired) electrons. The maximum atomic E-state index is 2.46. The fraction of sp³-hybridized carbons (Fsp3) is 1.00. The first-order chi connectivity index (χ1) is 16.3. The van der Waals surface area contributed by atoms with E-state index in [0.717, 1.165) is 0 Å². The molecule has 0 aromatic rings. The summed E-state index contributed by atoms with van der Waals surface area (Å²) in [6.45, 7) is 9.97. The van der Waals surface area contributed by atoms with E-state index in [0.29, 0.717) is 0 Å². The van der Waals surface area contributed by atoms with Gasteiger partial charge in [0.05, 0.1) is 41.3 Å². The first-order valence-corrected chi connectivity index (χ1v) is 16.0. The van der Waals surface area contributed by atoms with Gasteiger partial charge in [0.15, 0.2) is 0 Å². The highest BCUT2D eigenvalue weighted by Gasteiger charge is 2.22. The predicted molar refractivity (Wildman–Crippen MR) is 157 cm³/mol. The van der Waals surface area contributed by atoms with Crippen molar-refractivity contribution >= 4 is 0 Å². The van der Waals surface area contributed by atoms with Crippen LogP contribution in [0.4, 0.5) is 0 Å². The van der Waals surface area contributed by atoms with Crippen molar-refractivity contribution in [3.63, 3.8) is 0 Å². The number of unbranched alkanes of at least 4 members (excludes halogenated alkanes) is 20. The molecule has 0 unspecified atom stereocenters. The van der Waals surface area contributed by atoms with Crippen LogP contribution in [0.5, 0.6) is 0 Å². The van der Waals surface area contributed by atoms with Gasteiger partial charge in [-0.15, -0.1) is 0 Å². The average molecular weight is 483 g/mol. The minimum Gasteiger partial charge on any atom is -0.324 e. The van der Waals surface area contributed by atoms with Crippen LogP contribution in [0.15, 0.2) is 0 Å². The number of quaternary nitrogens is 2. The average Bonchev–Trinajstić information content (AvgIpc) is 2.80. The summed E-state index contributed by atoms with van der Waals surface area (Å²) in [4.78, 5) is 0. The molecule has 0 heterocycles. The molecule has 2 nitrogen and oxygen atoms in total. The Morgan fingerprint density at radius 2 is 0.471 bits per heavy atom. The minimum atomic E-state index is 1.21. The summed E-state index contributed by atoms with van der Waals surface area (Å²) in [5.74, 6) is 0. The van der Waals surface area contributed by atoms with Crippen molar-refractivity contribution in [3.05, 3.63) is 0 Å². The van der Waals surface area contributed by atoms with Gasteiger partial charge in [0, 0.05) is 0 Å². The number of hydrogen-bond acceptors (Lipinski definition) is 0. The van der Waals surface area contributed by atoms with Crippen LogP contribution in [0, 0.1) is 0 Å². The number of hydrogen-bond donors (Lipinski definition) is 0. The Kier molecular flexibility index (Phi) is 23.3. The van der Waals surface area contributed by atoms with E-state index in [1.165, 1.54) is 176 Å². The van der Waals surface area contributed by atoms with Crippen LogP contribution in [0.25, 0.3) is 0 Å². The third-order valence-electron chi connectivity index (χ3n) is 8.04. The van der Waals surface area contributed by atoms with Gasteiger partial charge in [-0.3, -0.25) is 0 Å². The van der Waals surface area contributed by atoms with Gasteiger partial charge in [-0.2, -0.15) is 0 Å². The Labute approximate surface area is 218 Å². The van der Waals surface area contributed by atoms with Gasteiger partial charge >= 0.3 is 0 Å². The Hall–Kier alpha value is -0.0800. The second kappa shape index (κ2) is 23.3. The monoisotopic (exact) mass is 483 g/mol. The van der Waals surface area contributed by atoms with Crippen molar-refractivity contribution in [2.75, 3.05) is 54.4 Å². The summed E-state index contributed by atoms with van der Waals surface area (Å²) in [6.07, 6.45) is 31.8. The maximum absolute atomic E-state index is 2.46. The second-order valence-electron chi connectivity index (χ2n) is 12.8. The molecule has 0 aromatic heterocycles. The molecule has 0 amide bonds. The predicted octanol–water partition coefficient (Wildman–Crippen LogP) is 9.76. The highest BCUT2D eigenvalue weighted by molar-refractivity contribution is 4.50. The van der Waals surface area contributed by atoms with Crippen LogP contribution in [0.2, 0.25) is 0 Å². The van der Waals surface area contributed by atoms with Crippen LogP contribution in [0.3, 0.4) is 0 Å². The van der Waals surface area contributed by atoms with E-state index in [1.807, 2.05) is 0 Å². The minimum absolute atomic E-state index is 1.21. The largest absolute Gasteiger partial charge is 0.324 e. The van der Waals surface area contributed by atoms with E-state index in [4.69, 9.17) is 0 Å². The highest BCUT2D eigenvalue weighted by atomic mass is 15.4. The molecule has 0 fully saturated rings. The van der Waals surface area contributed by atoms with Gasteiger partial charge < -0.3 is 8.97 Å². The molecule has 0 aliphatic rings. The molecule has 2 heteroatoms. The fourth-order valence-electron chi connectivity index (χ4n) is 5.17. The van der Waals surface area contributed by atoms with Crippen LogP contribution in [0.1, 0.15) is 155 Å². The van der Waals surface area contributed by atoms with E-state index < -0.39 is 0 Å². The quantitative estimate of drug-likeness (QED) is 0.0807. The lowest BCUT2D eigenvalue weighted by atomic mass is 10.1.